The number of nitrogens with one attached hydrogen (secondary N) is 1. The van der Waals surface area contributed by atoms with Gasteiger partial charge < -0.3 is 5.32 Å². The van der Waals surface area contributed by atoms with Crippen LogP contribution in [0.4, 0.5) is 17.6 Å². The zero-order valence-electron chi connectivity index (χ0n) is 10.8. The number of hydrogen-bond acceptors (Lipinski definition) is 3. The lowest BCUT2D eigenvalue weighted by Gasteiger charge is -2.17. The van der Waals surface area contributed by atoms with Gasteiger partial charge in [-0.3, -0.25) is 0 Å². The van der Waals surface area contributed by atoms with E-state index in [-0.39, 0.29) is 10.0 Å². The molecule has 2 nitrogen and oxygen atoms in total. The van der Waals surface area contributed by atoms with E-state index in [1.165, 1.54) is 6.07 Å². The zero-order chi connectivity index (χ0) is 15.6. The van der Waals surface area contributed by atoms with Crippen LogP contribution in [0, 0.1) is 5.82 Å². The maximum absolute atomic E-state index is 14.2. The summed E-state index contributed by atoms with van der Waals surface area (Å²) in [5.41, 5.74) is 0.281. The molecule has 1 N–H and O–H groups in total. The minimum Gasteiger partial charge on any atom is -0.306 e. The van der Waals surface area contributed by atoms with Gasteiger partial charge in [0.1, 0.15) is 5.82 Å². The minimum absolute atomic E-state index is 0.267. The lowest BCUT2D eigenvalue weighted by Crippen LogP contribution is -2.22. The first-order valence-electron chi connectivity index (χ1n) is 6.04. The van der Waals surface area contributed by atoms with Gasteiger partial charge in [-0.05, 0) is 28.5 Å². The van der Waals surface area contributed by atoms with E-state index in [0.717, 1.165) is 6.20 Å². The van der Waals surface area contributed by atoms with Gasteiger partial charge in [0.05, 0.1) is 10.5 Å². The third-order valence-corrected chi connectivity index (χ3v) is 4.47. The van der Waals surface area contributed by atoms with E-state index in [9.17, 15) is 17.6 Å². The Morgan fingerprint density at radius 3 is 2.67 bits per heavy atom. The molecule has 21 heavy (non-hydrogen) atoms. The van der Waals surface area contributed by atoms with Crippen LogP contribution in [0.25, 0.3) is 0 Å². The molecule has 2 rings (SSSR count). The average molecular weight is 383 g/mol. The molecule has 1 heterocycles. The van der Waals surface area contributed by atoms with Gasteiger partial charge in [-0.15, -0.1) is 11.3 Å². The molecule has 0 spiro atoms. The molecule has 0 saturated carbocycles. The number of thiazole rings is 1. The predicted molar refractivity (Wildman–Crippen MR) is 76.7 cm³/mol. The second-order valence-electron chi connectivity index (χ2n) is 4.20. The SMILES string of the molecule is CCNC(c1cnc(C(F)(F)F)s1)c1cccc(Br)c1F. The highest BCUT2D eigenvalue weighted by molar-refractivity contribution is 9.10. The van der Waals surface area contributed by atoms with Crippen molar-refractivity contribution in [2.45, 2.75) is 19.1 Å². The Morgan fingerprint density at radius 2 is 2.10 bits per heavy atom. The summed E-state index contributed by atoms with van der Waals surface area (Å²) in [6.45, 7) is 2.28. The first-order chi connectivity index (χ1) is 9.84. The molecule has 0 radical (unpaired) electrons. The summed E-state index contributed by atoms with van der Waals surface area (Å²) in [6.07, 6.45) is -3.35. The lowest BCUT2D eigenvalue weighted by molar-refractivity contribution is -0.137. The summed E-state index contributed by atoms with van der Waals surface area (Å²) in [5, 5.41) is 2.06. The standard InChI is InChI=1S/C13H11BrF4N2S/c1-2-19-11(7-4-3-5-8(14)10(7)15)9-6-20-12(21-9)13(16,17)18/h3-6,11,19H,2H2,1H3. The number of alkyl halides is 3. The van der Waals surface area contributed by atoms with Crippen LogP contribution < -0.4 is 5.32 Å². The number of hydrogen-bond donors (Lipinski definition) is 1. The molecule has 114 valence electrons. The first-order valence-corrected chi connectivity index (χ1v) is 7.65. The first kappa shape index (κ1) is 16.4. The van der Waals surface area contributed by atoms with Crippen molar-refractivity contribution < 1.29 is 17.6 Å². The number of halogens is 5. The third kappa shape index (κ3) is 3.61. The van der Waals surface area contributed by atoms with Gasteiger partial charge >= 0.3 is 6.18 Å². The second-order valence-corrected chi connectivity index (χ2v) is 6.12. The Balaban J connectivity index is 2.44. The van der Waals surface area contributed by atoms with Gasteiger partial charge in [-0.1, -0.05) is 19.1 Å². The summed E-state index contributed by atoms with van der Waals surface area (Å²) in [7, 11) is 0. The molecule has 0 bridgehead atoms. The van der Waals surface area contributed by atoms with Crippen molar-refractivity contribution >= 4 is 27.3 Å². The van der Waals surface area contributed by atoms with Crippen LogP contribution in [0.1, 0.15) is 28.4 Å². The van der Waals surface area contributed by atoms with Crippen molar-refractivity contribution in [1.29, 1.82) is 0 Å². The summed E-state index contributed by atoms with van der Waals surface area (Å²) < 4.78 is 52.4. The normalized spacial score (nSPS) is 13.4. The van der Waals surface area contributed by atoms with Crippen LogP contribution in [-0.4, -0.2) is 11.5 Å². The van der Waals surface area contributed by atoms with Crippen molar-refractivity contribution in [2.24, 2.45) is 0 Å². The van der Waals surface area contributed by atoms with E-state index in [2.05, 4.69) is 26.2 Å². The van der Waals surface area contributed by atoms with Gasteiger partial charge in [0, 0.05) is 16.6 Å². The number of rotatable bonds is 4. The van der Waals surface area contributed by atoms with E-state index in [4.69, 9.17) is 0 Å². The molecule has 2 aromatic rings. The number of nitrogens with zero attached hydrogens (tertiary/aromatic N) is 1. The summed E-state index contributed by atoms with van der Waals surface area (Å²) in [6, 6.07) is 4.05. The van der Waals surface area contributed by atoms with Crippen LogP contribution in [0.2, 0.25) is 0 Å². The number of aromatic nitrogens is 1. The Kier molecular flexibility index (Phi) is 5.00. The molecule has 1 aromatic heterocycles. The Bertz CT molecular complexity index is 627. The van der Waals surface area contributed by atoms with Crippen LogP contribution in [0.3, 0.4) is 0 Å². The Morgan fingerprint density at radius 1 is 1.38 bits per heavy atom. The average Bonchev–Trinajstić information content (AvgIpc) is 2.89. The van der Waals surface area contributed by atoms with Crippen LogP contribution in [0.5, 0.6) is 0 Å². The van der Waals surface area contributed by atoms with E-state index in [0.29, 0.717) is 22.8 Å². The highest BCUT2D eigenvalue weighted by Crippen LogP contribution is 2.37. The predicted octanol–water partition coefficient (Wildman–Crippen LogP) is 4.76. The van der Waals surface area contributed by atoms with E-state index in [1.807, 2.05) is 0 Å². The molecule has 0 saturated heterocycles. The van der Waals surface area contributed by atoms with E-state index < -0.39 is 23.0 Å². The summed E-state index contributed by atoms with van der Waals surface area (Å²) in [5.74, 6) is -0.495. The highest BCUT2D eigenvalue weighted by Gasteiger charge is 2.35. The molecular weight excluding hydrogens is 372 g/mol. The zero-order valence-corrected chi connectivity index (χ0v) is 13.2. The molecule has 1 unspecified atom stereocenters. The number of benzene rings is 1. The van der Waals surface area contributed by atoms with Crippen molar-refractivity contribution in [3.8, 4) is 0 Å². The largest absolute Gasteiger partial charge is 0.443 e. The van der Waals surface area contributed by atoms with Gasteiger partial charge in [0.2, 0.25) is 0 Å². The molecular formula is C13H11BrF4N2S. The van der Waals surface area contributed by atoms with Gasteiger partial charge in [-0.25, -0.2) is 9.37 Å². The molecule has 0 aliphatic rings. The molecule has 0 aliphatic carbocycles. The molecule has 0 amide bonds. The monoisotopic (exact) mass is 382 g/mol. The summed E-state index contributed by atoms with van der Waals surface area (Å²) in [4.78, 5) is 3.71. The fourth-order valence-electron chi connectivity index (χ4n) is 1.86. The van der Waals surface area contributed by atoms with Gasteiger partial charge in [0.25, 0.3) is 0 Å². The van der Waals surface area contributed by atoms with Crippen molar-refractivity contribution in [3.05, 3.63) is 50.1 Å². The van der Waals surface area contributed by atoms with Crippen molar-refractivity contribution in [3.63, 3.8) is 0 Å². The molecule has 0 aliphatic heterocycles. The van der Waals surface area contributed by atoms with Crippen molar-refractivity contribution in [2.75, 3.05) is 6.54 Å². The second kappa shape index (κ2) is 6.41. The van der Waals surface area contributed by atoms with Crippen molar-refractivity contribution in [1.82, 2.24) is 10.3 Å². The Labute approximate surface area is 131 Å². The van der Waals surface area contributed by atoms with Crippen LogP contribution >= 0.6 is 27.3 Å². The fourth-order valence-corrected chi connectivity index (χ4v) is 3.12. The van der Waals surface area contributed by atoms with Gasteiger partial charge in [0.15, 0.2) is 5.01 Å². The molecule has 8 heteroatoms. The smallest absolute Gasteiger partial charge is 0.306 e. The molecule has 1 aromatic carbocycles. The molecule has 1 atom stereocenters. The quantitative estimate of drug-likeness (QED) is 0.770. The summed E-state index contributed by atoms with van der Waals surface area (Å²) >= 11 is 3.60. The minimum atomic E-state index is -4.49. The van der Waals surface area contributed by atoms with E-state index >= 15 is 0 Å². The topological polar surface area (TPSA) is 24.9 Å². The maximum atomic E-state index is 14.2. The van der Waals surface area contributed by atoms with E-state index in [1.54, 1.807) is 19.1 Å². The maximum Gasteiger partial charge on any atom is 0.443 e. The highest BCUT2D eigenvalue weighted by atomic mass is 79.9. The fraction of sp³-hybridized carbons (Fsp3) is 0.308. The molecule has 0 fully saturated rings. The third-order valence-electron chi connectivity index (χ3n) is 2.75. The lowest BCUT2D eigenvalue weighted by atomic mass is 10.1. The van der Waals surface area contributed by atoms with Gasteiger partial charge in [-0.2, -0.15) is 13.2 Å². The van der Waals surface area contributed by atoms with Crippen LogP contribution in [-0.2, 0) is 6.18 Å². The van der Waals surface area contributed by atoms with Crippen LogP contribution in [0.15, 0.2) is 28.9 Å². The Hall–Kier alpha value is -0.990.